The second kappa shape index (κ2) is 11.1. The number of nitrogens with one attached hydrogen (secondary N) is 3. The van der Waals surface area contributed by atoms with E-state index in [0.29, 0.717) is 29.3 Å². The fourth-order valence-electron chi connectivity index (χ4n) is 4.91. The van der Waals surface area contributed by atoms with Gasteiger partial charge in [-0.05, 0) is 43.7 Å². The molecule has 10 nitrogen and oxygen atoms in total. The van der Waals surface area contributed by atoms with E-state index in [-0.39, 0.29) is 18.5 Å². The number of nitrogens with zero attached hydrogens (tertiary/aromatic N) is 5. The highest BCUT2D eigenvalue weighted by Crippen LogP contribution is 2.39. The lowest BCUT2D eigenvalue weighted by molar-refractivity contribution is -0.142. The maximum absolute atomic E-state index is 14.1. The second-order valence-corrected chi connectivity index (χ2v) is 10.1. The average molecular weight is 579 g/mol. The number of aromatic nitrogens is 2. The zero-order valence-electron chi connectivity index (χ0n) is 22.9. The molecule has 2 aliphatic heterocycles. The van der Waals surface area contributed by atoms with Crippen LogP contribution in [0.2, 0.25) is 0 Å². The Balaban J connectivity index is 1.51. The monoisotopic (exact) mass is 578 g/mol. The molecule has 0 bridgehead atoms. The summed E-state index contributed by atoms with van der Waals surface area (Å²) in [4.78, 5) is 34.2. The summed E-state index contributed by atoms with van der Waals surface area (Å²) >= 11 is 0. The van der Waals surface area contributed by atoms with Crippen LogP contribution in [0.15, 0.2) is 90.2 Å². The fraction of sp³-hybridized carbons (Fsp3) is 0.241. The molecule has 0 aliphatic carbocycles. The van der Waals surface area contributed by atoms with E-state index in [1.807, 2.05) is 30.3 Å². The number of amides is 3. The van der Waals surface area contributed by atoms with Crippen molar-refractivity contribution in [2.45, 2.75) is 38.8 Å². The van der Waals surface area contributed by atoms with Crippen molar-refractivity contribution in [3.05, 3.63) is 96.5 Å². The molecule has 218 valence electrons. The quantitative estimate of drug-likeness (QED) is 0.343. The molecule has 42 heavy (non-hydrogen) atoms. The molecule has 3 amide bonds. The van der Waals surface area contributed by atoms with Gasteiger partial charge in [0.15, 0.2) is 5.66 Å². The standard InChI is InChI=1S/C29H29F3N8O2/c1-4-25(41)34-22-11-8-12-23(13-22)40-27(42)38(15-20-9-6-5-7-10-20)16-21-14-33-26(36-28(21,40)3)35-24-17-39(37-19(24)2)18-29(30,31)32/h4-14,17H,1,15-16,18H2,2-3H3,(H,34,41)(H2,33,35,36). The Morgan fingerprint density at radius 3 is 2.67 bits per heavy atom. The number of hydrogen-bond acceptors (Lipinski definition) is 6. The number of aliphatic imine (C=N–C) groups is 1. The predicted molar refractivity (Wildman–Crippen MR) is 154 cm³/mol. The van der Waals surface area contributed by atoms with Gasteiger partial charge in [-0.2, -0.15) is 18.3 Å². The molecule has 0 saturated carbocycles. The molecule has 0 spiro atoms. The third-order valence-corrected chi connectivity index (χ3v) is 6.89. The number of fused-ring (bicyclic) bond motifs is 1. The van der Waals surface area contributed by atoms with Gasteiger partial charge in [0.1, 0.15) is 6.54 Å². The molecule has 1 fully saturated rings. The lowest BCUT2D eigenvalue weighted by atomic mass is 9.95. The van der Waals surface area contributed by atoms with Gasteiger partial charge >= 0.3 is 12.2 Å². The normalized spacial score (nSPS) is 18.5. The van der Waals surface area contributed by atoms with E-state index in [2.05, 4.69) is 27.6 Å². The van der Waals surface area contributed by atoms with E-state index in [9.17, 15) is 22.8 Å². The number of aryl methyl sites for hydroxylation is 1. The first-order chi connectivity index (χ1) is 19.9. The molecule has 1 saturated heterocycles. The molecule has 2 aliphatic rings. The molecule has 13 heteroatoms. The number of guanidine groups is 1. The molecule has 2 aromatic carbocycles. The minimum absolute atomic E-state index is 0.223. The number of carbonyl (C=O) groups is 2. The molecule has 0 radical (unpaired) electrons. The molecular weight excluding hydrogens is 549 g/mol. The molecule has 5 rings (SSSR count). The van der Waals surface area contributed by atoms with Crippen molar-refractivity contribution in [2.24, 2.45) is 4.99 Å². The van der Waals surface area contributed by atoms with Gasteiger partial charge in [-0.1, -0.05) is 43.0 Å². The molecule has 1 aromatic heterocycles. The van der Waals surface area contributed by atoms with E-state index in [0.717, 1.165) is 21.9 Å². The molecule has 3 heterocycles. The Morgan fingerprint density at radius 2 is 1.95 bits per heavy atom. The smallest absolute Gasteiger partial charge is 0.332 e. The number of rotatable bonds is 7. The topological polar surface area (TPSA) is 107 Å². The summed E-state index contributed by atoms with van der Waals surface area (Å²) in [6.45, 7) is 6.25. The third-order valence-electron chi connectivity index (χ3n) is 6.89. The van der Waals surface area contributed by atoms with Crippen LogP contribution in [0.5, 0.6) is 0 Å². The van der Waals surface area contributed by atoms with Gasteiger partial charge < -0.3 is 20.9 Å². The maximum atomic E-state index is 14.1. The number of benzene rings is 2. The minimum atomic E-state index is -4.42. The Morgan fingerprint density at radius 1 is 1.19 bits per heavy atom. The lowest BCUT2D eigenvalue weighted by Gasteiger charge is -2.49. The first-order valence-electron chi connectivity index (χ1n) is 13.1. The van der Waals surface area contributed by atoms with Gasteiger partial charge in [0.2, 0.25) is 11.9 Å². The molecule has 1 atom stereocenters. The maximum Gasteiger partial charge on any atom is 0.408 e. The van der Waals surface area contributed by atoms with Crippen LogP contribution in [0.4, 0.5) is 35.0 Å². The number of anilines is 3. The summed E-state index contributed by atoms with van der Waals surface area (Å²) in [7, 11) is 0. The Hall–Kier alpha value is -5.07. The van der Waals surface area contributed by atoms with Gasteiger partial charge in [0.05, 0.1) is 17.1 Å². The molecule has 3 aromatic rings. The van der Waals surface area contributed by atoms with Crippen LogP contribution in [-0.4, -0.2) is 51.0 Å². The number of urea groups is 1. The summed E-state index contributed by atoms with van der Waals surface area (Å²) in [5.74, 6) is -0.177. The van der Waals surface area contributed by atoms with Crippen LogP contribution in [0.3, 0.4) is 0 Å². The van der Waals surface area contributed by atoms with E-state index < -0.39 is 24.3 Å². The van der Waals surface area contributed by atoms with Gasteiger partial charge in [0, 0.05) is 36.7 Å². The predicted octanol–water partition coefficient (Wildman–Crippen LogP) is 4.99. The van der Waals surface area contributed by atoms with Crippen molar-refractivity contribution in [2.75, 3.05) is 22.1 Å². The Kier molecular flexibility index (Phi) is 7.50. The minimum Gasteiger partial charge on any atom is -0.332 e. The highest BCUT2D eigenvalue weighted by atomic mass is 19.4. The van der Waals surface area contributed by atoms with E-state index in [4.69, 9.17) is 4.99 Å². The fourth-order valence-corrected chi connectivity index (χ4v) is 4.91. The third kappa shape index (κ3) is 5.99. The summed E-state index contributed by atoms with van der Waals surface area (Å²) in [5, 5.41) is 12.8. The van der Waals surface area contributed by atoms with Gasteiger partial charge in [0.25, 0.3) is 0 Å². The number of halogens is 3. The summed E-state index contributed by atoms with van der Waals surface area (Å²) < 4.78 is 39.5. The Bertz CT molecular complexity index is 1580. The van der Waals surface area contributed by atoms with Crippen molar-refractivity contribution in [3.63, 3.8) is 0 Å². The first kappa shape index (κ1) is 28.5. The van der Waals surface area contributed by atoms with Crippen LogP contribution in [-0.2, 0) is 17.9 Å². The van der Waals surface area contributed by atoms with E-state index in [1.165, 1.54) is 11.1 Å². The lowest BCUT2D eigenvalue weighted by Crippen LogP contribution is -2.63. The number of hydrogen-bond donors (Lipinski definition) is 3. The van der Waals surface area contributed by atoms with Gasteiger partial charge in [-0.15, -0.1) is 0 Å². The first-order valence-corrected chi connectivity index (χ1v) is 13.1. The van der Waals surface area contributed by atoms with Crippen LogP contribution in [0.1, 0.15) is 18.2 Å². The van der Waals surface area contributed by atoms with E-state index in [1.54, 1.807) is 49.2 Å². The summed E-state index contributed by atoms with van der Waals surface area (Å²) in [6.07, 6.45) is -0.274. The van der Waals surface area contributed by atoms with Crippen LogP contribution in [0, 0.1) is 6.92 Å². The van der Waals surface area contributed by atoms with Gasteiger partial charge in [-0.25, -0.2) is 9.79 Å². The summed E-state index contributed by atoms with van der Waals surface area (Å²) in [5.41, 5.74) is 2.13. The van der Waals surface area contributed by atoms with Crippen molar-refractivity contribution < 1.29 is 22.8 Å². The van der Waals surface area contributed by atoms with Crippen LogP contribution in [0.25, 0.3) is 0 Å². The molecule has 3 N–H and O–H groups in total. The Labute approximate surface area is 240 Å². The van der Waals surface area contributed by atoms with Gasteiger partial charge in [-0.3, -0.25) is 14.4 Å². The second-order valence-electron chi connectivity index (χ2n) is 10.1. The highest BCUT2D eigenvalue weighted by molar-refractivity contribution is 6.02. The molecular formula is C29H29F3N8O2. The SMILES string of the molecule is C=CC(=O)Nc1cccc(N2C(=O)N(Cc3ccccc3)CC3=CNC(Nc4cn(CC(F)(F)F)nc4C)=NC32C)c1. The zero-order chi connectivity index (χ0) is 30.1. The van der Waals surface area contributed by atoms with Crippen molar-refractivity contribution in [1.82, 2.24) is 20.0 Å². The largest absolute Gasteiger partial charge is 0.408 e. The van der Waals surface area contributed by atoms with Crippen molar-refractivity contribution >= 4 is 35.0 Å². The van der Waals surface area contributed by atoms with E-state index >= 15 is 0 Å². The molecule has 1 unspecified atom stereocenters. The highest BCUT2D eigenvalue weighted by Gasteiger charge is 2.48. The number of carbonyl (C=O) groups excluding carboxylic acids is 2. The number of alkyl halides is 3. The summed E-state index contributed by atoms with van der Waals surface area (Å²) in [6, 6.07) is 16.1. The zero-order valence-corrected chi connectivity index (χ0v) is 22.9. The average Bonchev–Trinajstić information content (AvgIpc) is 3.26. The van der Waals surface area contributed by atoms with Crippen molar-refractivity contribution in [1.29, 1.82) is 0 Å². The van der Waals surface area contributed by atoms with Crippen molar-refractivity contribution in [3.8, 4) is 0 Å². The van der Waals surface area contributed by atoms with Crippen LogP contribution >= 0.6 is 0 Å². The van der Waals surface area contributed by atoms with Crippen LogP contribution < -0.4 is 20.9 Å².